The Labute approximate surface area is 232 Å². The average Bonchev–Trinajstić information content (AvgIpc) is 3.42. The first-order chi connectivity index (χ1) is 18.1. The Kier molecular flexibility index (Phi) is 5.29. The fourth-order valence-corrected chi connectivity index (χ4v) is 7.82. The topological polar surface area (TPSA) is 61.8 Å². The highest BCUT2D eigenvalue weighted by Gasteiger charge is 2.68. The number of esters is 2. The van der Waals surface area contributed by atoms with Gasteiger partial charge in [0.1, 0.15) is 11.8 Å². The van der Waals surface area contributed by atoms with E-state index in [0.717, 1.165) is 11.1 Å². The van der Waals surface area contributed by atoms with Gasteiger partial charge in [0.05, 0.1) is 26.4 Å². The molecule has 2 bridgehead atoms. The predicted octanol–water partition coefficient (Wildman–Crippen LogP) is 6.36. The van der Waals surface area contributed by atoms with E-state index < -0.39 is 36.0 Å². The summed E-state index contributed by atoms with van der Waals surface area (Å²) in [6, 6.07) is 0. The van der Waals surface area contributed by atoms with Crippen LogP contribution in [0.2, 0.25) is 0 Å². The minimum atomic E-state index is -0.753. The Morgan fingerprint density at radius 3 is 1.36 bits per heavy atom. The van der Waals surface area contributed by atoms with E-state index in [1.165, 1.54) is 47.7 Å². The molecule has 39 heavy (non-hydrogen) atoms. The summed E-state index contributed by atoms with van der Waals surface area (Å²) in [5.41, 5.74) is 8.63. The van der Waals surface area contributed by atoms with E-state index in [9.17, 15) is 9.59 Å². The molecular formula is C34H40O5. The standard InChI is InChI=1S/C34H40O5/c1-31(2,3)19-13-17-11-12-18-14-20(32(4,5)6)16-22-24-23(21(15-19)33(17,7)34(18,22)8)27-25(29(35)37-9)26(28(24)39-27)30(36)38-10/h11-16,25-28H,1-10H3/t25?,26?,27?,28?,33-,34-/m1/s1. The number of hydrogen-bond acceptors (Lipinski definition) is 5. The minimum Gasteiger partial charge on any atom is -0.469 e. The number of carbonyl (C=O) groups is 2. The summed E-state index contributed by atoms with van der Waals surface area (Å²) >= 11 is 0. The van der Waals surface area contributed by atoms with Crippen molar-refractivity contribution >= 4 is 11.9 Å². The van der Waals surface area contributed by atoms with Gasteiger partial charge in [-0.05, 0) is 55.4 Å². The van der Waals surface area contributed by atoms with Crippen molar-refractivity contribution in [3.8, 4) is 0 Å². The molecule has 6 aliphatic rings. The van der Waals surface area contributed by atoms with Crippen molar-refractivity contribution in [2.75, 3.05) is 14.2 Å². The van der Waals surface area contributed by atoms with Gasteiger partial charge in [0.25, 0.3) is 0 Å². The first-order valence-corrected chi connectivity index (χ1v) is 14.0. The molecule has 0 amide bonds. The van der Waals surface area contributed by atoms with Crippen molar-refractivity contribution in [3.63, 3.8) is 0 Å². The summed E-state index contributed by atoms with van der Waals surface area (Å²) in [5.74, 6) is -2.37. The second-order valence-corrected chi connectivity index (χ2v) is 14.2. The largest absolute Gasteiger partial charge is 0.469 e. The van der Waals surface area contributed by atoms with E-state index in [-0.39, 0.29) is 21.7 Å². The lowest BCUT2D eigenvalue weighted by atomic mass is 9.43. The molecule has 0 aromatic heterocycles. The van der Waals surface area contributed by atoms with Crippen LogP contribution in [-0.4, -0.2) is 38.4 Å². The molecule has 0 saturated carbocycles. The molecule has 0 radical (unpaired) electrons. The highest BCUT2D eigenvalue weighted by Crippen LogP contribution is 2.71. The number of methoxy groups -OCH3 is 2. The molecule has 0 aromatic carbocycles. The lowest BCUT2D eigenvalue weighted by Gasteiger charge is -2.59. The van der Waals surface area contributed by atoms with Gasteiger partial charge in [-0.15, -0.1) is 0 Å². The number of allylic oxidation sites excluding steroid dienone is 12. The Bertz CT molecular complexity index is 1330. The van der Waals surface area contributed by atoms with Crippen LogP contribution >= 0.6 is 0 Å². The summed E-state index contributed by atoms with van der Waals surface area (Å²) in [6.07, 6.45) is 12.8. The van der Waals surface area contributed by atoms with Gasteiger partial charge in [-0.2, -0.15) is 0 Å². The van der Waals surface area contributed by atoms with Crippen LogP contribution in [0.3, 0.4) is 0 Å². The smallest absolute Gasteiger partial charge is 0.312 e. The van der Waals surface area contributed by atoms with Crippen molar-refractivity contribution < 1.29 is 23.8 Å². The van der Waals surface area contributed by atoms with E-state index in [1.807, 2.05) is 0 Å². The van der Waals surface area contributed by atoms with Gasteiger partial charge in [-0.25, -0.2) is 0 Å². The summed E-state index contributed by atoms with van der Waals surface area (Å²) in [6.45, 7) is 18.1. The number of ether oxygens (including phenoxy) is 3. The van der Waals surface area contributed by atoms with Gasteiger partial charge in [0, 0.05) is 10.8 Å². The predicted molar refractivity (Wildman–Crippen MR) is 150 cm³/mol. The molecule has 0 spiro atoms. The second kappa shape index (κ2) is 7.84. The molecule has 6 atom stereocenters. The quantitative estimate of drug-likeness (QED) is 0.390. The van der Waals surface area contributed by atoms with E-state index in [0.29, 0.717) is 0 Å². The molecule has 2 heterocycles. The first kappa shape index (κ1) is 26.3. The fraction of sp³-hybridized carbons (Fsp3) is 0.529. The number of fused-ring (bicyclic) bond motifs is 5. The minimum absolute atomic E-state index is 0.0719. The number of carbonyl (C=O) groups excluding carboxylic acids is 2. The van der Waals surface area contributed by atoms with Crippen molar-refractivity contribution in [3.05, 3.63) is 81.0 Å². The summed E-state index contributed by atoms with van der Waals surface area (Å²) in [7, 11) is 2.75. The molecule has 5 nitrogen and oxygen atoms in total. The highest BCUT2D eigenvalue weighted by molar-refractivity contribution is 5.88. The van der Waals surface area contributed by atoms with Crippen LogP contribution in [0.1, 0.15) is 55.4 Å². The zero-order valence-electron chi connectivity index (χ0n) is 24.8. The number of rotatable bonds is 2. The highest BCUT2D eigenvalue weighted by atomic mass is 16.6. The lowest BCUT2D eigenvalue weighted by molar-refractivity contribution is -0.156. The van der Waals surface area contributed by atoms with E-state index in [2.05, 4.69) is 91.8 Å². The Hall–Kier alpha value is -2.92. The fourth-order valence-electron chi connectivity index (χ4n) is 7.82. The van der Waals surface area contributed by atoms with Crippen molar-refractivity contribution in [2.24, 2.45) is 33.5 Å². The van der Waals surface area contributed by atoms with Gasteiger partial charge >= 0.3 is 11.9 Å². The molecule has 5 heteroatoms. The third-order valence-electron chi connectivity index (χ3n) is 10.3. The first-order valence-electron chi connectivity index (χ1n) is 14.0. The van der Waals surface area contributed by atoms with Gasteiger partial charge in [0.15, 0.2) is 0 Å². The summed E-state index contributed by atoms with van der Waals surface area (Å²) in [4.78, 5) is 26.4. The Balaban J connectivity index is 1.74. The zero-order valence-corrected chi connectivity index (χ0v) is 24.8. The molecule has 2 fully saturated rings. The van der Waals surface area contributed by atoms with Crippen molar-refractivity contribution in [1.29, 1.82) is 0 Å². The second-order valence-electron chi connectivity index (χ2n) is 14.2. The molecule has 206 valence electrons. The van der Waals surface area contributed by atoms with Crippen LogP contribution in [-0.2, 0) is 23.8 Å². The maximum absolute atomic E-state index is 13.2. The number of hydrogen-bond donors (Lipinski definition) is 0. The maximum Gasteiger partial charge on any atom is 0.312 e. The van der Waals surface area contributed by atoms with Gasteiger partial charge in [0.2, 0.25) is 0 Å². The van der Waals surface area contributed by atoms with Gasteiger partial charge < -0.3 is 14.2 Å². The molecule has 2 aliphatic heterocycles. The van der Waals surface area contributed by atoms with Crippen LogP contribution in [0.5, 0.6) is 0 Å². The molecule has 0 N–H and O–H groups in total. The van der Waals surface area contributed by atoms with E-state index in [4.69, 9.17) is 14.2 Å². The van der Waals surface area contributed by atoms with Crippen LogP contribution in [0.25, 0.3) is 0 Å². The molecule has 6 rings (SSSR count). The zero-order chi connectivity index (χ0) is 28.4. The SMILES string of the molecule is COC(=O)C1C2OC(C3=C4C=C(C(C)(C)C)C=C5C=CC6=CC(C(C)(C)C)=CC(=C32)[C@]6(C)[C@]54C)C1C(=O)OC. The van der Waals surface area contributed by atoms with Crippen molar-refractivity contribution in [1.82, 2.24) is 0 Å². The normalized spacial score (nSPS) is 36.1. The van der Waals surface area contributed by atoms with E-state index >= 15 is 0 Å². The third kappa shape index (κ3) is 3.11. The Morgan fingerprint density at radius 1 is 0.692 bits per heavy atom. The average molecular weight is 529 g/mol. The summed E-state index contributed by atoms with van der Waals surface area (Å²) < 4.78 is 17.2. The van der Waals surface area contributed by atoms with Gasteiger partial charge in [-0.1, -0.05) is 91.8 Å². The monoisotopic (exact) mass is 528 g/mol. The lowest BCUT2D eigenvalue weighted by Crippen LogP contribution is -2.52. The van der Waals surface area contributed by atoms with Crippen LogP contribution in [0.15, 0.2) is 81.0 Å². The maximum atomic E-state index is 13.2. The molecule has 4 aliphatic carbocycles. The van der Waals surface area contributed by atoms with Gasteiger partial charge in [-0.3, -0.25) is 9.59 Å². The van der Waals surface area contributed by atoms with Crippen LogP contribution in [0, 0.1) is 33.5 Å². The molecular weight excluding hydrogens is 488 g/mol. The summed E-state index contributed by atoms with van der Waals surface area (Å²) in [5, 5.41) is 0. The van der Waals surface area contributed by atoms with E-state index in [1.54, 1.807) is 0 Å². The van der Waals surface area contributed by atoms with Crippen LogP contribution in [0.4, 0.5) is 0 Å². The molecule has 4 unspecified atom stereocenters. The molecule has 2 saturated heterocycles. The van der Waals surface area contributed by atoms with Crippen molar-refractivity contribution in [2.45, 2.75) is 67.6 Å². The Morgan fingerprint density at radius 2 is 1.05 bits per heavy atom. The third-order valence-corrected chi connectivity index (χ3v) is 10.3. The van der Waals surface area contributed by atoms with Crippen LogP contribution < -0.4 is 0 Å². The molecule has 0 aromatic rings.